The molecule has 2 aromatic carbocycles. The number of rotatable bonds is 10. The van der Waals surface area contributed by atoms with Crippen LogP contribution in [-0.4, -0.2) is 48.0 Å². The summed E-state index contributed by atoms with van der Waals surface area (Å²) in [6.45, 7) is 1.84. The maximum Gasteiger partial charge on any atom is 0.219 e. The number of ketones is 1. The predicted molar refractivity (Wildman–Crippen MR) is 146 cm³/mol. The van der Waals surface area contributed by atoms with E-state index >= 15 is 0 Å². The molecule has 0 amide bonds. The molecular weight excluding hydrogens is 525 g/mol. The quantitative estimate of drug-likeness (QED) is 0.167. The summed E-state index contributed by atoms with van der Waals surface area (Å²) in [4.78, 5) is 20.6. The van der Waals surface area contributed by atoms with Gasteiger partial charge in [-0.25, -0.2) is 23.0 Å². The number of aromatic nitrogens is 4. The molecule has 3 heterocycles. The third-order valence-corrected chi connectivity index (χ3v) is 6.70. The number of hydrogen-bond donors (Lipinski definition) is 5. The van der Waals surface area contributed by atoms with Crippen molar-refractivity contribution in [1.29, 1.82) is 0 Å². The van der Waals surface area contributed by atoms with Gasteiger partial charge in [-0.2, -0.15) is 5.10 Å². The standard InChI is InChI=1S/C26H24FN7O4S/c1-15-10-24(38-23-5-3-2-4-19(23)27)29-14-22(15)34-26(28)18(13-30-34)25(36)21-11-16-6-7-17(12-20(16)32-21)33-39(37)31-8-9-35/h2-7,10-14,31-33,35H,8-9,28H2,1H3. The van der Waals surface area contributed by atoms with Crippen LogP contribution in [0.15, 0.2) is 67.0 Å². The molecule has 200 valence electrons. The number of nitrogen functional groups attached to an aromatic ring is 1. The van der Waals surface area contributed by atoms with Crippen molar-refractivity contribution in [2.24, 2.45) is 0 Å². The fraction of sp³-hybridized carbons (Fsp3) is 0.115. The van der Waals surface area contributed by atoms with E-state index in [2.05, 4.69) is 24.5 Å². The van der Waals surface area contributed by atoms with E-state index in [4.69, 9.17) is 15.6 Å². The molecule has 0 fully saturated rings. The summed E-state index contributed by atoms with van der Waals surface area (Å²) in [5, 5.41) is 13.9. The molecule has 13 heteroatoms. The van der Waals surface area contributed by atoms with Crippen molar-refractivity contribution in [2.45, 2.75) is 6.92 Å². The Bertz CT molecular complexity index is 1700. The first-order valence-corrected chi connectivity index (χ1v) is 12.9. The Morgan fingerprint density at radius 3 is 2.79 bits per heavy atom. The first-order valence-electron chi connectivity index (χ1n) is 11.8. The molecule has 0 saturated heterocycles. The lowest BCUT2D eigenvalue weighted by molar-refractivity contribution is 0.103. The number of aryl methyl sites for hydroxylation is 1. The number of carbonyl (C=O) groups is 1. The van der Waals surface area contributed by atoms with E-state index in [1.54, 1.807) is 49.4 Å². The second kappa shape index (κ2) is 11.0. The van der Waals surface area contributed by atoms with Gasteiger partial charge in [0.05, 0.1) is 35.9 Å². The van der Waals surface area contributed by atoms with Crippen LogP contribution in [0.2, 0.25) is 0 Å². The van der Waals surface area contributed by atoms with Crippen molar-refractivity contribution in [2.75, 3.05) is 23.6 Å². The van der Waals surface area contributed by atoms with Crippen LogP contribution in [0.3, 0.4) is 0 Å². The highest BCUT2D eigenvalue weighted by Gasteiger charge is 2.21. The topological polar surface area (TPSA) is 160 Å². The molecule has 5 aromatic rings. The van der Waals surface area contributed by atoms with Crippen LogP contribution in [0.25, 0.3) is 16.6 Å². The predicted octanol–water partition coefficient (Wildman–Crippen LogP) is 3.37. The van der Waals surface area contributed by atoms with Gasteiger partial charge in [-0.15, -0.1) is 0 Å². The molecule has 6 N–H and O–H groups in total. The molecule has 0 aliphatic heterocycles. The summed E-state index contributed by atoms with van der Waals surface area (Å²) in [6, 6.07) is 14.6. The summed E-state index contributed by atoms with van der Waals surface area (Å²) in [7, 11) is 0. The largest absolute Gasteiger partial charge is 0.436 e. The minimum atomic E-state index is -1.58. The number of aromatic amines is 1. The zero-order chi connectivity index (χ0) is 27.5. The van der Waals surface area contributed by atoms with Crippen LogP contribution in [0.4, 0.5) is 15.9 Å². The average molecular weight is 550 g/mol. The average Bonchev–Trinajstić information content (AvgIpc) is 3.52. The number of ether oxygens (including phenoxy) is 1. The van der Waals surface area contributed by atoms with Crippen LogP contribution < -0.4 is 19.9 Å². The van der Waals surface area contributed by atoms with Gasteiger partial charge in [0.1, 0.15) is 5.82 Å². The second-order valence-corrected chi connectivity index (χ2v) is 9.53. The number of aliphatic hydroxyl groups excluding tert-OH is 1. The maximum atomic E-state index is 13.9. The number of benzene rings is 2. The lowest BCUT2D eigenvalue weighted by Crippen LogP contribution is -2.26. The number of halogens is 1. The van der Waals surface area contributed by atoms with Crippen molar-refractivity contribution < 1.29 is 23.2 Å². The Morgan fingerprint density at radius 2 is 2.03 bits per heavy atom. The lowest BCUT2D eigenvalue weighted by atomic mass is 10.1. The summed E-state index contributed by atoms with van der Waals surface area (Å²) in [5.74, 6) is -0.489. The lowest BCUT2D eigenvalue weighted by Gasteiger charge is -2.11. The van der Waals surface area contributed by atoms with Crippen molar-refractivity contribution in [3.8, 4) is 17.3 Å². The Balaban J connectivity index is 1.36. The van der Waals surface area contributed by atoms with E-state index in [1.807, 2.05) is 0 Å². The Hall–Kier alpha value is -4.59. The number of nitrogens with two attached hydrogens (primary N) is 1. The van der Waals surface area contributed by atoms with Crippen molar-refractivity contribution in [3.05, 3.63) is 89.6 Å². The molecule has 11 nitrogen and oxygen atoms in total. The highest BCUT2D eigenvalue weighted by atomic mass is 32.2. The van der Waals surface area contributed by atoms with Crippen molar-refractivity contribution >= 4 is 39.4 Å². The van der Waals surface area contributed by atoms with Crippen LogP contribution in [0.1, 0.15) is 21.6 Å². The van der Waals surface area contributed by atoms with Gasteiger partial charge >= 0.3 is 0 Å². The zero-order valence-electron chi connectivity index (χ0n) is 20.6. The molecule has 0 aliphatic rings. The number of aliphatic hydroxyl groups is 1. The minimum absolute atomic E-state index is 0.0523. The van der Waals surface area contributed by atoms with Crippen LogP contribution in [-0.2, 0) is 11.2 Å². The van der Waals surface area contributed by atoms with Gasteiger partial charge in [0, 0.05) is 29.2 Å². The summed E-state index contributed by atoms with van der Waals surface area (Å²) in [5.41, 5.74) is 9.26. The first kappa shape index (κ1) is 26.0. The smallest absolute Gasteiger partial charge is 0.219 e. The number of nitrogens with zero attached hydrogens (tertiary/aromatic N) is 3. The summed E-state index contributed by atoms with van der Waals surface area (Å²) in [6.07, 6.45) is 2.87. The fourth-order valence-corrected chi connectivity index (χ4v) is 4.59. The van der Waals surface area contributed by atoms with Crippen LogP contribution in [0, 0.1) is 12.7 Å². The van der Waals surface area contributed by atoms with Gasteiger partial charge in [-0.05, 0) is 42.8 Å². The molecule has 0 bridgehead atoms. The van der Waals surface area contributed by atoms with Gasteiger partial charge in [0.2, 0.25) is 11.7 Å². The normalized spacial score (nSPS) is 12.0. The van der Waals surface area contributed by atoms with Crippen molar-refractivity contribution in [3.63, 3.8) is 0 Å². The number of carbonyl (C=O) groups excluding carboxylic acids is 1. The SMILES string of the molecule is Cc1cc(Oc2ccccc2F)ncc1-n1ncc(C(=O)c2cc3ccc(NS(=O)NCCO)cc3[nH]2)c1N. The summed E-state index contributed by atoms with van der Waals surface area (Å²) >= 11 is -1.58. The van der Waals surface area contributed by atoms with E-state index in [0.29, 0.717) is 28.1 Å². The van der Waals surface area contributed by atoms with Gasteiger partial charge in [0.25, 0.3) is 0 Å². The van der Waals surface area contributed by atoms with Crippen molar-refractivity contribution in [1.82, 2.24) is 24.5 Å². The molecule has 0 radical (unpaired) electrons. The first-order chi connectivity index (χ1) is 18.8. The molecule has 39 heavy (non-hydrogen) atoms. The zero-order valence-corrected chi connectivity index (χ0v) is 21.5. The van der Waals surface area contributed by atoms with E-state index < -0.39 is 17.0 Å². The Labute approximate surface area is 224 Å². The molecule has 0 saturated carbocycles. The van der Waals surface area contributed by atoms with Crippen LogP contribution in [0.5, 0.6) is 11.6 Å². The third kappa shape index (κ3) is 5.50. The summed E-state index contributed by atoms with van der Waals surface area (Å²) < 4.78 is 38.2. The number of H-pyrrole nitrogens is 1. The van der Waals surface area contributed by atoms with E-state index in [1.165, 1.54) is 29.2 Å². The Morgan fingerprint density at radius 1 is 1.21 bits per heavy atom. The number of nitrogens with one attached hydrogen (secondary N) is 3. The maximum absolute atomic E-state index is 13.9. The molecule has 3 aromatic heterocycles. The molecule has 1 atom stereocenters. The monoisotopic (exact) mass is 549 g/mol. The van der Waals surface area contributed by atoms with Gasteiger partial charge in [-0.3, -0.25) is 9.52 Å². The number of fused-ring (bicyclic) bond motifs is 1. The number of anilines is 2. The molecule has 0 spiro atoms. The molecule has 5 rings (SSSR count). The third-order valence-electron chi connectivity index (χ3n) is 5.81. The van der Waals surface area contributed by atoms with Gasteiger partial charge < -0.3 is 20.6 Å². The van der Waals surface area contributed by atoms with Gasteiger partial charge in [0.15, 0.2) is 22.7 Å². The second-order valence-electron chi connectivity index (χ2n) is 8.50. The van der Waals surface area contributed by atoms with E-state index in [-0.39, 0.29) is 41.9 Å². The molecule has 0 aliphatic carbocycles. The Kier molecular flexibility index (Phi) is 7.36. The van der Waals surface area contributed by atoms with Crippen LogP contribution >= 0.6 is 0 Å². The van der Waals surface area contributed by atoms with Gasteiger partial charge in [-0.1, -0.05) is 18.2 Å². The number of hydrogen-bond acceptors (Lipinski definition) is 7. The highest BCUT2D eigenvalue weighted by Crippen LogP contribution is 2.28. The minimum Gasteiger partial charge on any atom is -0.436 e. The molecular formula is C26H24FN7O4S. The fourth-order valence-electron chi connectivity index (χ4n) is 3.90. The van der Waals surface area contributed by atoms with E-state index in [0.717, 1.165) is 5.39 Å². The number of para-hydroxylation sites is 1. The molecule has 1 unspecified atom stereocenters. The van der Waals surface area contributed by atoms with E-state index in [9.17, 15) is 13.4 Å². The number of pyridine rings is 1. The highest BCUT2D eigenvalue weighted by molar-refractivity contribution is 7.84.